The molecule has 0 radical (unpaired) electrons. The number of hydrogen-bond donors (Lipinski definition) is 0. The van der Waals surface area contributed by atoms with E-state index in [9.17, 15) is 4.79 Å². The molecule has 0 aliphatic rings. The normalized spacial score (nSPS) is 11.1. The van der Waals surface area contributed by atoms with E-state index in [0.29, 0.717) is 11.3 Å². The highest BCUT2D eigenvalue weighted by Gasteiger charge is 2.15. The summed E-state index contributed by atoms with van der Waals surface area (Å²) in [6.07, 6.45) is 0. The van der Waals surface area contributed by atoms with Crippen LogP contribution in [0, 0.1) is 3.57 Å². The number of halogens is 1. The highest BCUT2D eigenvalue weighted by atomic mass is 127. The zero-order valence-electron chi connectivity index (χ0n) is 13.1. The van der Waals surface area contributed by atoms with Crippen LogP contribution in [0.5, 0.6) is 11.5 Å². The lowest BCUT2D eigenvalue weighted by atomic mass is 9.87. The summed E-state index contributed by atoms with van der Waals surface area (Å²) in [7, 11) is 1.60. The molecule has 0 amide bonds. The maximum absolute atomic E-state index is 12.2. The third-order valence-electron chi connectivity index (χ3n) is 3.32. The minimum absolute atomic E-state index is 0.0780. The zero-order valence-corrected chi connectivity index (χ0v) is 15.3. The second-order valence-corrected chi connectivity index (χ2v) is 7.18. The fourth-order valence-electron chi connectivity index (χ4n) is 1.98. The van der Waals surface area contributed by atoms with Crippen LogP contribution in [0.25, 0.3) is 0 Å². The van der Waals surface area contributed by atoms with Crippen molar-refractivity contribution < 1.29 is 14.3 Å². The van der Waals surface area contributed by atoms with Gasteiger partial charge in [-0.2, -0.15) is 0 Å². The number of esters is 1. The fraction of sp³-hybridized carbons (Fsp3) is 0.278. The Kier molecular flexibility index (Phi) is 5.11. The molecule has 0 aliphatic carbocycles. The van der Waals surface area contributed by atoms with Crippen LogP contribution in [-0.4, -0.2) is 13.1 Å². The smallest absolute Gasteiger partial charge is 0.343 e. The second-order valence-electron chi connectivity index (χ2n) is 6.01. The number of ether oxygens (including phenoxy) is 2. The first-order chi connectivity index (χ1) is 10.3. The lowest BCUT2D eigenvalue weighted by Gasteiger charge is -2.19. The predicted molar refractivity (Wildman–Crippen MR) is 95.8 cm³/mol. The first-order valence-electron chi connectivity index (χ1n) is 6.97. The van der Waals surface area contributed by atoms with E-state index in [1.165, 1.54) is 5.56 Å². The first kappa shape index (κ1) is 16.8. The second kappa shape index (κ2) is 6.69. The Morgan fingerprint density at radius 3 is 2.18 bits per heavy atom. The third kappa shape index (κ3) is 4.00. The van der Waals surface area contributed by atoms with Crippen LogP contribution < -0.4 is 9.47 Å². The monoisotopic (exact) mass is 410 g/mol. The summed E-state index contributed by atoms with van der Waals surface area (Å²) < 4.78 is 11.5. The summed E-state index contributed by atoms with van der Waals surface area (Å²) >= 11 is 2.13. The Labute approximate surface area is 144 Å². The Bertz CT molecular complexity index is 670. The summed E-state index contributed by atoms with van der Waals surface area (Å²) in [6, 6.07) is 12.8. The molecule has 0 aliphatic heterocycles. The highest BCUT2D eigenvalue weighted by molar-refractivity contribution is 14.1. The van der Waals surface area contributed by atoms with Crippen LogP contribution in [0.1, 0.15) is 36.7 Å². The molecule has 0 N–H and O–H groups in total. The number of rotatable bonds is 3. The molecule has 0 spiro atoms. The van der Waals surface area contributed by atoms with Gasteiger partial charge in [-0.15, -0.1) is 0 Å². The molecule has 0 aromatic heterocycles. The summed E-state index contributed by atoms with van der Waals surface area (Å²) in [5.41, 5.74) is 1.78. The standard InChI is InChI=1S/C18H19IO3/c1-18(2,3)13-6-8-14(9-7-13)22-17(20)12-5-10-16(21-4)15(19)11-12/h5-11H,1-4H3. The van der Waals surface area contributed by atoms with Crippen LogP contribution in [0.2, 0.25) is 0 Å². The third-order valence-corrected chi connectivity index (χ3v) is 4.16. The quantitative estimate of drug-likeness (QED) is 0.414. The van der Waals surface area contributed by atoms with Gasteiger partial charge in [0.05, 0.1) is 16.2 Å². The van der Waals surface area contributed by atoms with Gasteiger partial charge >= 0.3 is 5.97 Å². The Morgan fingerprint density at radius 2 is 1.68 bits per heavy atom. The van der Waals surface area contributed by atoms with Gasteiger partial charge in [0.15, 0.2) is 0 Å². The number of carbonyl (C=O) groups excluding carboxylic acids is 1. The molecule has 0 saturated carbocycles. The predicted octanol–water partition coefficient (Wildman–Crippen LogP) is 4.82. The summed E-state index contributed by atoms with van der Waals surface area (Å²) in [5.74, 6) is 0.916. The molecule has 4 heteroatoms. The van der Waals surface area contributed by atoms with Crippen molar-refractivity contribution in [3.8, 4) is 11.5 Å². The van der Waals surface area contributed by atoms with E-state index >= 15 is 0 Å². The lowest BCUT2D eigenvalue weighted by molar-refractivity contribution is 0.0734. The molecule has 3 nitrogen and oxygen atoms in total. The molecule has 0 heterocycles. The molecule has 0 fully saturated rings. The van der Waals surface area contributed by atoms with E-state index in [1.54, 1.807) is 25.3 Å². The van der Waals surface area contributed by atoms with Gasteiger partial charge in [0.25, 0.3) is 0 Å². The van der Waals surface area contributed by atoms with Gasteiger partial charge in [-0.1, -0.05) is 32.9 Å². The van der Waals surface area contributed by atoms with Crippen molar-refractivity contribution in [2.45, 2.75) is 26.2 Å². The molecule has 0 unspecified atom stereocenters. The molecule has 0 saturated heterocycles. The zero-order chi connectivity index (χ0) is 16.3. The van der Waals surface area contributed by atoms with Gasteiger partial charge in [0.1, 0.15) is 11.5 Å². The maximum Gasteiger partial charge on any atom is 0.343 e. The Balaban J connectivity index is 2.13. The van der Waals surface area contributed by atoms with E-state index in [0.717, 1.165) is 9.32 Å². The Morgan fingerprint density at radius 1 is 1.05 bits per heavy atom. The van der Waals surface area contributed by atoms with Crippen molar-refractivity contribution in [3.05, 3.63) is 57.2 Å². The van der Waals surface area contributed by atoms with Crippen molar-refractivity contribution in [2.75, 3.05) is 7.11 Å². The van der Waals surface area contributed by atoms with Crippen LogP contribution in [-0.2, 0) is 5.41 Å². The molecule has 0 atom stereocenters. The lowest BCUT2D eigenvalue weighted by Crippen LogP contribution is -2.12. The van der Waals surface area contributed by atoms with Crippen LogP contribution >= 0.6 is 22.6 Å². The maximum atomic E-state index is 12.2. The average molecular weight is 410 g/mol. The highest BCUT2D eigenvalue weighted by Crippen LogP contribution is 2.25. The van der Waals surface area contributed by atoms with Gasteiger partial charge in [0.2, 0.25) is 0 Å². The number of hydrogen-bond acceptors (Lipinski definition) is 3. The van der Waals surface area contributed by atoms with Gasteiger partial charge < -0.3 is 9.47 Å². The topological polar surface area (TPSA) is 35.5 Å². The minimum atomic E-state index is -0.371. The van der Waals surface area contributed by atoms with Gasteiger partial charge in [0, 0.05) is 0 Å². The summed E-state index contributed by atoms with van der Waals surface area (Å²) in [5, 5.41) is 0. The van der Waals surface area contributed by atoms with Gasteiger partial charge in [-0.25, -0.2) is 4.79 Å². The van der Waals surface area contributed by atoms with Crippen molar-refractivity contribution in [1.82, 2.24) is 0 Å². The molecular formula is C18H19IO3. The van der Waals surface area contributed by atoms with Crippen LogP contribution in [0.3, 0.4) is 0 Å². The van der Waals surface area contributed by atoms with E-state index in [1.807, 2.05) is 24.3 Å². The summed E-state index contributed by atoms with van der Waals surface area (Å²) in [6.45, 7) is 6.44. The largest absolute Gasteiger partial charge is 0.496 e. The SMILES string of the molecule is COc1ccc(C(=O)Oc2ccc(C(C)(C)C)cc2)cc1I. The molecule has 2 aromatic carbocycles. The Hall–Kier alpha value is -1.56. The van der Waals surface area contributed by atoms with Crippen molar-refractivity contribution in [1.29, 1.82) is 0 Å². The number of benzene rings is 2. The van der Waals surface area contributed by atoms with Crippen molar-refractivity contribution in [2.24, 2.45) is 0 Å². The minimum Gasteiger partial charge on any atom is -0.496 e. The van der Waals surface area contributed by atoms with Gasteiger partial charge in [-0.05, 0) is 63.9 Å². The van der Waals surface area contributed by atoms with Crippen LogP contribution in [0.4, 0.5) is 0 Å². The van der Waals surface area contributed by atoms with Crippen molar-refractivity contribution >= 4 is 28.6 Å². The number of carbonyl (C=O) groups is 1. The summed E-state index contributed by atoms with van der Waals surface area (Å²) in [4.78, 5) is 12.2. The van der Waals surface area contributed by atoms with Crippen molar-refractivity contribution in [3.63, 3.8) is 0 Å². The van der Waals surface area contributed by atoms with E-state index in [2.05, 4.69) is 43.4 Å². The molecular weight excluding hydrogens is 391 g/mol. The first-order valence-corrected chi connectivity index (χ1v) is 8.05. The van der Waals surface area contributed by atoms with Gasteiger partial charge in [-0.3, -0.25) is 0 Å². The van der Waals surface area contributed by atoms with E-state index in [4.69, 9.17) is 9.47 Å². The fourth-order valence-corrected chi connectivity index (χ4v) is 2.72. The van der Waals surface area contributed by atoms with E-state index in [-0.39, 0.29) is 11.4 Å². The molecule has 0 bridgehead atoms. The molecule has 116 valence electrons. The molecule has 22 heavy (non-hydrogen) atoms. The molecule has 2 rings (SSSR count). The number of methoxy groups -OCH3 is 1. The average Bonchev–Trinajstić information content (AvgIpc) is 2.46. The van der Waals surface area contributed by atoms with Crippen LogP contribution in [0.15, 0.2) is 42.5 Å². The molecule has 2 aromatic rings. The van der Waals surface area contributed by atoms with E-state index < -0.39 is 0 Å².